The van der Waals surface area contributed by atoms with E-state index >= 15 is 0 Å². The Morgan fingerprint density at radius 1 is 1.26 bits per heavy atom. The molecule has 3 aromatic heterocycles. The van der Waals surface area contributed by atoms with Gasteiger partial charge < -0.3 is 9.15 Å². The van der Waals surface area contributed by atoms with E-state index < -0.39 is 12.0 Å². The van der Waals surface area contributed by atoms with Gasteiger partial charge in [-0.15, -0.1) is 11.3 Å². The average Bonchev–Trinajstić information content (AvgIpc) is 3.57. The van der Waals surface area contributed by atoms with Gasteiger partial charge in [0.15, 0.2) is 4.80 Å². The first-order chi connectivity index (χ1) is 16.9. The van der Waals surface area contributed by atoms with E-state index in [0.29, 0.717) is 37.1 Å². The van der Waals surface area contributed by atoms with Gasteiger partial charge in [0.2, 0.25) is 0 Å². The SMILES string of the molecule is CCOC(=O)C1=C(C)N=c2s/c(=C\c3ccc(-c4cc(Cl)ccc4C)o3)c(=O)n2[C@@H]1c1cccs1. The number of hydrogen-bond acceptors (Lipinski definition) is 7. The molecule has 0 unspecified atom stereocenters. The van der Waals surface area contributed by atoms with Crippen molar-refractivity contribution in [3.05, 3.63) is 100 Å². The van der Waals surface area contributed by atoms with Gasteiger partial charge in [0.1, 0.15) is 17.6 Å². The zero-order valence-corrected chi connectivity index (χ0v) is 21.6. The number of rotatable bonds is 5. The van der Waals surface area contributed by atoms with Crippen LogP contribution in [-0.4, -0.2) is 17.1 Å². The van der Waals surface area contributed by atoms with Crippen molar-refractivity contribution in [1.29, 1.82) is 0 Å². The second-order valence-corrected chi connectivity index (χ2v) is 10.4. The fourth-order valence-electron chi connectivity index (χ4n) is 4.07. The number of furan rings is 1. The second-order valence-electron chi connectivity index (χ2n) is 7.98. The molecule has 0 radical (unpaired) electrons. The Hall–Kier alpha value is -3.20. The molecule has 0 bridgehead atoms. The monoisotopic (exact) mass is 524 g/mol. The Morgan fingerprint density at radius 2 is 2.09 bits per heavy atom. The number of aryl methyl sites for hydroxylation is 1. The summed E-state index contributed by atoms with van der Waals surface area (Å²) in [5.41, 5.74) is 2.62. The predicted octanol–water partition coefficient (Wildman–Crippen LogP) is 5.08. The maximum atomic E-state index is 13.6. The number of hydrogen-bond donors (Lipinski definition) is 0. The number of esters is 1. The quantitative estimate of drug-likeness (QED) is 0.341. The van der Waals surface area contributed by atoms with E-state index in [2.05, 4.69) is 4.99 Å². The number of halogens is 1. The van der Waals surface area contributed by atoms with Crippen LogP contribution in [0.5, 0.6) is 0 Å². The number of allylic oxidation sites excluding steroid dienone is 1. The number of fused-ring (bicyclic) bond motifs is 1. The summed E-state index contributed by atoms with van der Waals surface area (Å²) in [4.78, 5) is 32.4. The van der Waals surface area contributed by atoms with Crippen LogP contribution in [0.15, 0.2) is 73.3 Å². The highest BCUT2D eigenvalue weighted by molar-refractivity contribution is 7.10. The zero-order valence-electron chi connectivity index (χ0n) is 19.2. The van der Waals surface area contributed by atoms with Crippen molar-refractivity contribution < 1.29 is 13.9 Å². The molecular formula is C26H21ClN2O4S2. The van der Waals surface area contributed by atoms with Crippen LogP contribution in [0.25, 0.3) is 17.4 Å². The largest absolute Gasteiger partial charge is 0.463 e. The van der Waals surface area contributed by atoms with Gasteiger partial charge in [0.25, 0.3) is 5.56 Å². The molecule has 0 spiro atoms. The Bertz CT molecular complexity index is 1640. The van der Waals surface area contributed by atoms with Crippen LogP contribution in [0.4, 0.5) is 0 Å². The van der Waals surface area contributed by atoms with Gasteiger partial charge >= 0.3 is 5.97 Å². The molecule has 1 atom stereocenters. The van der Waals surface area contributed by atoms with Crippen molar-refractivity contribution in [2.75, 3.05) is 6.61 Å². The Balaban J connectivity index is 1.62. The molecule has 4 aromatic rings. The normalized spacial score (nSPS) is 15.8. The Morgan fingerprint density at radius 3 is 2.83 bits per heavy atom. The standard InChI is InChI=1S/C26H21ClN2O4S2/c1-4-32-25(31)22-15(3)28-26-29(23(22)20-6-5-11-34-20)24(30)21(35-26)13-17-9-10-19(33-17)18-12-16(27)8-7-14(18)2/h5-13,23H,4H2,1-3H3/b21-13-/t23-/m1/s1. The summed E-state index contributed by atoms with van der Waals surface area (Å²) in [5, 5.41) is 2.55. The van der Waals surface area contributed by atoms with Crippen LogP contribution in [-0.2, 0) is 9.53 Å². The van der Waals surface area contributed by atoms with Crippen LogP contribution < -0.4 is 14.9 Å². The van der Waals surface area contributed by atoms with Crippen molar-refractivity contribution in [2.24, 2.45) is 4.99 Å². The van der Waals surface area contributed by atoms with Crippen molar-refractivity contribution in [2.45, 2.75) is 26.8 Å². The second kappa shape index (κ2) is 9.45. The fourth-order valence-corrected chi connectivity index (χ4v) is 6.09. The van der Waals surface area contributed by atoms with E-state index in [9.17, 15) is 9.59 Å². The molecule has 4 heterocycles. The predicted molar refractivity (Wildman–Crippen MR) is 139 cm³/mol. The van der Waals surface area contributed by atoms with Crippen LogP contribution in [0, 0.1) is 6.92 Å². The smallest absolute Gasteiger partial charge is 0.338 e. The van der Waals surface area contributed by atoms with Crippen LogP contribution in [0.1, 0.15) is 36.1 Å². The molecule has 1 aliphatic heterocycles. The number of thiophene rings is 1. The molecule has 0 saturated carbocycles. The van der Waals surface area contributed by atoms with Gasteiger partial charge in [-0.2, -0.15) is 0 Å². The van der Waals surface area contributed by atoms with Gasteiger partial charge in [0.05, 0.1) is 22.4 Å². The minimum Gasteiger partial charge on any atom is -0.463 e. The van der Waals surface area contributed by atoms with E-state index in [1.165, 1.54) is 22.7 Å². The van der Waals surface area contributed by atoms with E-state index in [-0.39, 0.29) is 12.2 Å². The third kappa shape index (κ3) is 4.33. The topological polar surface area (TPSA) is 73.8 Å². The lowest BCUT2D eigenvalue weighted by Gasteiger charge is -2.23. The maximum absolute atomic E-state index is 13.6. The lowest BCUT2D eigenvalue weighted by Crippen LogP contribution is -2.39. The molecular weight excluding hydrogens is 504 g/mol. The summed E-state index contributed by atoms with van der Waals surface area (Å²) in [6.07, 6.45) is 1.71. The number of aromatic nitrogens is 1. The maximum Gasteiger partial charge on any atom is 0.338 e. The molecule has 0 amide bonds. The van der Waals surface area contributed by atoms with E-state index in [0.717, 1.165) is 16.0 Å². The summed E-state index contributed by atoms with van der Waals surface area (Å²) in [6.45, 7) is 5.76. The van der Waals surface area contributed by atoms with Gasteiger partial charge in [-0.3, -0.25) is 9.36 Å². The van der Waals surface area contributed by atoms with E-state index in [1.54, 1.807) is 24.5 Å². The number of ether oxygens (including phenoxy) is 1. The molecule has 1 aliphatic rings. The summed E-state index contributed by atoms with van der Waals surface area (Å²) < 4.78 is 13.4. The molecule has 9 heteroatoms. The van der Waals surface area contributed by atoms with Crippen LogP contribution in [0.3, 0.4) is 0 Å². The highest BCUT2D eigenvalue weighted by atomic mass is 35.5. The van der Waals surface area contributed by atoms with Gasteiger partial charge in [-0.1, -0.05) is 35.1 Å². The Kier molecular flexibility index (Phi) is 6.35. The molecule has 1 aromatic carbocycles. The average molecular weight is 525 g/mol. The van der Waals surface area contributed by atoms with Crippen LogP contribution in [0.2, 0.25) is 5.02 Å². The molecule has 0 aliphatic carbocycles. The number of carbonyl (C=O) groups excluding carboxylic acids is 1. The summed E-state index contributed by atoms with van der Waals surface area (Å²) >= 11 is 8.91. The van der Waals surface area contributed by atoms with Crippen molar-refractivity contribution in [3.63, 3.8) is 0 Å². The molecule has 178 valence electrons. The summed E-state index contributed by atoms with van der Waals surface area (Å²) in [6, 6.07) is 12.5. The van der Waals surface area contributed by atoms with Crippen molar-refractivity contribution in [3.8, 4) is 11.3 Å². The lowest BCUT2D eigenvalue weighted by molar-refractivity contribution is -0.139. The summed E-state index contributed by atoms with van der Waals surface area (Å²) in [5.74, 6) is 0.744. The minimum atomic E-state index is -0.589. The van der Waals surface area contributed by atoms with Gasteiger partial charge in [-0.25, -0.2) is 9.79 Å². The molecule has 0 N–H and O–H groups in total. The lowest BCUT2D eigenvalue weighted by atomic mass is 10.0. The Labute approximate surface area is 214 Å². The number of nitrogens with zero attached hydrogens (tertiary/aromatic N) is 2. The van der Waals surface area contributed by atoms with E-state index in [1.807, 2.05) is 54.8 Å². The first-order valence-corrected chi connectivity index (χ1v) is 13.0. The van der Waals surface area contributed by atoms with Crippen LogP contribution >= 0.6 is 34.3 Å². The number of carbonyl (C=O) groups is 1. The van der Waals surface area contributed by atoms with Crippen molar-refractivity contribution in [1.82, 2.24) is 4.57 Å². The van der Waals surface area contributed by atoms with Gasteiger partial charge in [0, 0.05) is 21.5 Å². The molecule has 6 nitrogen and oxygen atoms in total. The molecule has 0 fully saturated rings. The summed E-state index contributed by atoms with van der Waals surface area (Å²) in [7, 11) is 0. The highest BCUT2D eigenvalue weighted by Gasteiger charge is 2.33. The highest BCUT2D eigenvalue weighted by Crippen LogP contribution is 2.33. The van der Waals surface area contributed by atoms with Crippen molar-refractivity contribution >= 4 is 46.3 Å². The fraction of sp³-hybridized carbons (Fsp3) is 0.192. The number of thiazole rings is 1. The number of benzene rings is 1. The minimum absolute atomic E-state index is 0.238. The molecule has 0 saturated heterocycles. The third-order valence-electron chi connectivity index (χ3n) is 5.69. The molecule has 5 rings (SSSR count). The third-order valence-corrected chi connectivity index (χ3v) is 7.84. The molecule has 35 heavy (non-hydrogen) atoms. The first kappa shape index (κ1) is 23.5. The van der Waals surface area contributed by atoms with Gasteiger partial charge in [-0.05, 0) is 62.0 Å². The first-order valence-electron chi connectivity index (χ1n) is 11.0. The zero-order chi connectivity index (χ0) is 24.7. The van der Waals surface area contributed by atoms with E-state index in [4.69, 9.17) is 20.8 Å².